The SMILES string of the molecule is [Ra].[Rb].[Y].[Y].[c-]1ccc(Cc2ccc3c[c-]ccc3c2)cc1. The minimum Gasteiger partial charge on any atom is -0.184 e. The second kappa shape index (κ2) is 14.6. The van der Waals surface area contributed by atoms with Crippen molar-refractivity contribution >= 4 is 69.0 Å². The van der Waals surface area contributed by atoms with E-state index >= 15 is 0 Å². The van der Waals surface area contributed by atoms with Crippen LogP contribution in [0.3, 0.4) is 0 Å². The molecule has 0 bridgehead atoms. The van der Waals surface area contributed by atoms with Crippen LogP contribution in [0.15, 0.2) is 60.7 Å². The van der Waals surface area contributed by atoms with E-state index in [2.05, 4.69) is 48.5 Å². The van der Waals surface area contributed by atoms with Crippen LogP contribution in [0.4, 0.5) is 0 Å². The molecule has 0 aliphatic heterocycles. The zero-order valence-electron chi connectivity index (χ0n) is 12.3. The van der Waals surface area contributed by atoms with Crippen LogP contribution in [-0.4, -0.2) is 58.2 Å². The summed E-state index contributed by atoms with van der Waals surface area (Å²) in [7, 11) is 0. The molecule has 0 aliphatic rings. The van der Waals surface area contributed by atoms with Crippen molar-refractivity contribution in [2.24, 2.45) is 0 Å². The normalized spacial score (nSPS) is 8.57. The molecule has 0 saturated heterocycles. The Bertz CT molecular complexity index is 644. The molecular formula is C17H12RaRbY2-2. The Hall–Kier alpha value is 3.40. The van der Waals surface area contributed by atoms with Gasteiger partial charge in [-0.05, 0) is 12.0 Å². The molecule has 0 amide bonds. The molecule has 5 radical (unpaired) electrons. The molecule has 0 saturated carbocycles. The second-order valence-corrected chi connectivity index (χ2v) is 4.19. The number of benzene rings is 3. The first-order chi connectivity index (χ1) is 8.42. The zero-order valence-corrected chi connectivity index (χ0v) is 28.7. The molecule has 4 heteroatoms. The molecule has 0 N–H and O–H groups in total. The summed E-state index contributed by atoms with van der Waals surface area (Å²) in [5.74, 6) is 0. The third-order valence-electron chi connectivity index (χ3n) is 2.94. The minimum absolute atomic E-state index is 0. The fourth-order valence-corrected chi connectivity index (χ4v) is 2.06. The van der Waals surface area contributed by atoms with Crippen LogP contribution in [-0.2, 0) is 71.8 Å². The molecule has 0 unspecified atom stereocenters. The standard InChI is InChI=1S/C17H12.Ra.Rb.2Y/c1-2-6-14(7-3-1)12-15-10-11-16-8-4-5-9-17(16)13-15;;;;/h2-3,5-11,13H,12H2;;;;/q-2;;;;. The van der Waals surface area contributed by atoms with Crippen molar-refractivity contribution in [3.63, 3.8) is 0 Å². The van der Waals surface area contributed by atoms with E-state index in [-0.39, 0.29) is 169 Å². The Labute approximate surface area is 263 Å². The van der Waals surface area contributed by atoms with E-state index in [1.807, 2.05) is 24.3 Å². The Morgan fingerprint density at radius 1 is 0.714 bits per heavy atom. The Morgan fingerprint density at radius 3 is 2.10 bits per heavy atom. The quantitative estimate of drug-likeness (QED) is 0.358. The summed E-state index contributed by atoms with van der Waals surface area (Å²) in [6.45, 7) is 0. The van der Waals surface area contributed by atoms with E-state index in [1.54, 1.807) is 0 Å². The van der Waals surface area contributed by atoms with Gasteiger partial charge in [-0.1, -0.05) is 12.1 Å². The van der Waals surface area contributed by atoms with Crippen molar-refractivity contribution in [3.05, 3.63) is 83.9 Å². The molecule has 0 spiro atoms. The first-order valence-corrected chi connectivity index (χ1v) is 5.75. The molecule has 3 aromatic rings. The van der Waals surface area contributed by atoms with Crippen molar-refractivity contribution < 1.29 is 110 Å². The van der Waals surface area contributed by atoms with Crippen LogP contribution >= 0.6 is 0 Å². The van der Waals surface area contributed by atoms with Gasteiger partial charge in [0.15, 0.2) is 0 Å². The molecule has 91 valence electrons. The van der Waals surface area contributed by atoms with Crippen molar-refractivity contribution in [2.75, 3.05) is 0 Å². The number of hydrogen-bond acceptors (Lipinski definition) is 0. The maximum atomic E-state index is 3.10. The van der Waals surface area contributed by atoms with Gasteiger partial charge < -0.3 is 0 Å². The zero-order chi connectivity index (χ0) is 11.5. The van der Waals surface area contributed by atoms with Crippen LogP contribution in [0.2, 0.25) is 0 Å². The third kappa shape index (κ3) is 8.55. The predicted molar refractivity (Wildman–Crippen MR) is 76.6 cm³/mol. The molecule has 0 aromatic heterocycles. The van der Waals surface area contributed by atoms with Gasteiger partial charge in [0.2, 0.25) is 0 Å². The largest absolute Gasteiger partial charge is 0.184 e. The van der Waals surface area contributed by atoms with Crippen molar-refractivity contribution in [3.8, 4) is 0 Å². The van der Waals surface area contributed by atoms with Gasteiger partial charge in [-0.2, -0.15) is 60.2 Å². The first kappa shape index (κ1) is 26.6. The van der Waals surface area contributed by atoms with Crippen LogP contribution in [0.1, 0.15) is 11.1 Å². The molecule has 3 rings (SSSR count). The Morgan fingerprint density at radius 2 is 1.38 bits per heavy atom. The summed E-state index contributed by atoms with van der Waals surface area (Å²) in [6.07, 6.45) is 0.975. The van der Waals surface area contributed by atoms with Gasteiger partial charge in [0.25, 0.3) is 0 Å². The topological polar surface area (TPSA) is 0 Å². The van der Waals surface area contributed by atoms with E-state index < -0.39 is 0 Å². The predicted octanol–water partition coefficient (Wildman–Crippen LogP) is 3.65. The smallest absolute Gasteiger partial charge is 0 e. The van der Waals surface area contributed by atoms with E-state index in [0.29, 0.717) is 0 Å². The van der Waals surface area contributed by atoms with E-state index in [0.717, 1.165) is 6.42 Å². The van der Waals surface area contributed by atoms with E-state index in [1.165, 1.54) is 21.9 Å². The van der Waals surface area contributed by atoms with Crippen LogP contribution in [0.5, 0.6) is 0 Å². The molecule has 21 heavy (non-hydrogen) atoms. The Balaban J connectivity index is 0. The second-order valence-electron chi connectivity index (χ2n) is 4.19. The molecule has 0 heterocycles. The molecule has 0 atom stereocenters. The summed E-state index contributed by atoms with van der Waals surface area (Å²) in [5.41, 5.74) is 2.67. The fraction of sp³-hybridized carbons (Fsp3) is 0.0588. The van der Waals surface area contributed by atoms with Gasteiger partial charge >= 0.3 is 0 Å². The number of rotatable bonds is 2. The minimum atomic E-state index is 0. The third-order valence-corrected chi connectivity index (χ3v) is 2.94. The average molecular weight is 706 g/mol. The van der Waals surface area contributed by atoms with Gasteiger partial charge in [0.1, 0.15) is 0 Å². The molecular weight excluding hydrogens is 693 g/mol. The van der Waals surface area contributed by atoms with Crippen molar-refractivity contribution in [2.45, 2.75) is 6.42 Å². The van der Waals surface area contributed by atoms with Gasteiger partial charge in [-0.3, -0.25) is 0 Å². The summed E-state index contributed by atoms with van der Waals surface area (Å²) in [5, 5.41) is 2.53. The molecule has 0 nitrogen and oxygen atoms in total. The number of hydrogen-bond donors (Lipinski definition) is 0. The monoisotopic (exact) mass is 705 g/mol. The van der Waals surface area contributed by atoms with Crippen molar-refractivity contribution in [1.29, 1.82) is 0 Å². The van der Waals surface area contributed by atoms with Crippen LogP contribution in [0.25, 0.3) is 10.8 Å². The maximum absolute atomic E-state index is 3.10. The number of fused-ring (bicyclic) bond motifs is 1. The summed E-state index contributed by atoms with van der Waals surface area (Å²) >= 11 is 0. The maximum Gasteiger partial charge on any atom is 0 e. The molecule has 0 aliphatic carbocycles. The fourth-order valence-electron chi connectivity index (χ4n) is 2.06. The molecule has 0 fully saturated rings. The van der Waals surface area contributed by atoms with Gasteiger partial charge in [0, 0.05) is 169 Å². The summed E-state index contributed by atoms with van der Waals surface area (Å²) in [4.78, 5) is 0. The molecule has 3 aromatic carbocycles. The summed E-state index contributed by atoms with van der Waals surface area (Å²) in [6, 6.07) is 27.0. The van der Waals surface area contributed by atoms with Gasteiger partial charge in [-0.15, -0.1) is 16.8 Å². The first-order valence-electron chi connectivity index (χ1n) is 5.75. The van der Waals surface area contributed by atoms with Gasteiger partial charge in [-0.25, -0.2) is 0 Å². The van der Waals surface area contributed by atoms with Crippen molar-refractivity contribution in [1.82, 2.24) is 0 Å². The average Bonchev–Trinajstić information content (AvgIpc) is 2.40. The van der Waals surface area contributed by atoms with E-state index in [4.69, 9.17) is 0 Å². The van der Waals surface area contributed by atoms with Gasteiger partial charge in [0.05, 0.1) is 0 Å². The van der Waals surface area contributed by atoms with Crippen LogP contribution in [0, 0.1) is 57.1 Å². The summed E-state index contributed by atoms with van der Waals surface area (Å²) < 4.78 is 0. The van der Waals surface area contributed by atoms with Crippen LogP contribution < -0.4 is 0 Å². The Kier molecular flexibility index (Phi) is 18.5. The van der Waals surface area contributed by atoms with E-state index in [9.17, 15) is 0 Å².